The molecule has 9 nitrogen and oxygen atoms in total. The van der Waals surface area contributed by atoms with Gasteiger partial charge in [-0.1, -0.05) is 29.3 Å². The van der Waals surface area contributed by atoms with Crippen LogP contribution < -0.4 is 24.2 Å². The van der Waals surface area contributed by atoms with Crippen LogP contribution in [0.5, 0.6) is 23.0 Å². The second kappa shape index (κ2) is 12.2. The molecular weight excluding hydrogens is 555 g/mol. The van der Waals surface area contributed by atoms with Crippen LogP contribution in [0.3, 0.4) is 0 Å². The van der Waals surface area contributed by atoms with E-state index < -0.39 is 23.2 Å². The van der Waals surface area contributed by atoms with E-state index in [0.717, 1.165) is 12.8 Å². The lowest BCUT2D eigenvalue weighted by Gasteiger charge is -2.21. The zero-order chi connectivity index (χ0) is 27.4. The average molecular weight is 582 g/mol. The maximum Gasteiger partial charge on any atom is 0.338 e. The van der Waals surface area contributed by atoms with Gasteiger partial charge in [0.2, 0.25) is 11.1 Å². The van der Waals surface area contributed by atoms with Crippen molar-refractivity contribution in [2.45, 2.75) is 25.4 Å². The second-order valence-corrected chi connectivity index (χ2v) is 10.7. The second-order valence-electron chi connectivity index (χ2n) is 8.94. The number of pyridine rings is 1. The summed E-state index contributed by atoms with van der Waals surface area (Å²) in [5.74, 6) is 5.60. The molecular formula is C26H27Cl2N2O7S+. The number of aromatic hydroxyl groups is 1. The van der Waals surface area contributed by atoms with E-state index in [4.69, 9.17) is 47.6 Å². The molecule has 1 saturated carbocycles. The SMILES string of the molecule is C[n+]1cc(Cl)c(CC(OC(=O)c2ccc(O)c(OS(C)=O)c2)c2ccc(ON)c(OCC3CC3)c2)c(Cl)c1. The van der Waals surface area contributed by atoms with Crippen LogP contribution in [0.1, 0.15) is 40.4 Å². The summed E-state index contributed by atoms with van der Waals surface area (Å²) in [5.41, 5.74) is 1.26. The fourth-order valence-corrected chi connectivity index (χ4v) is 4.83. The molecule has 202 valence electrons. The summed E-state index contributed by atoms with van der Waals surface area (Å²) in [6.07, 6.45) is 6.20. The van der Waals surface area contributed by atoms with E-state index in [1.54, 1.807) is 42.2 Å². The maximum atomic E-state index is 13.2. The van der Waals surface area contributed by atoms with Gasteiger partial charge in [-0.15, -0.1) is 0 Å². The molecule has 1 fully saturated rings. The topological polar surface area (TPSA) is 121 Å². The molecule has 1 heterocycles. The number of nitrogens with zero attached hydrogens (tertiary/aromatic N) is 1. The zero-order valence-electron chi connectivity index (χ0n) is 20.7. The van der Waals surface area contributed by atoms with Crippen LogP contribution in [0.25, 0.3) is 0 Å². The number of halogens is 2. The highest BCUT2D eigenvalue weighted by molar-refractivity contribution is 7.79. The van der Waals surface area contributed by atoms with Gasteiger partial charge in [-0.25, -0.2) is 13.6 Å². The average Bonchev–Trinajstić information content (AvgIpc) is 3.69. The minimum absolute atomic E-state index is 0.0806. The molecule has 1 aliphatic rings. The van der Waals surface area contributed by atoms with Crippen LogP contribution in [-0.2, 0) is 29.3 Å². The number of nitrogens with two attached hydrogens (primary N) is 1. The molecule has 12 heteroatoms. The normalized spacial score (nSPS) is 14.4. The van der Waals surface area contributed by atoms with E-state index in [9.17, 15) is 14.1 Å². The van der Waals surface area contributed by atoms with E-state index in [1.807, 2.05) is 0 Å². The van der Waals surface area contributed by atoms with Crippen molar-refractivity contribution >= 4 is 40.3 Å². The Bertz CT molecular complexity index is 1340. The monoisotopic (exact) mass is 581 g/mol. The maximum absolute atomic E-state index is 13.2. The standard InChI is InChI=1S/C26H26Cl2N2O7S/c1-30-12-19(27)18(20(28)13-30)11-23(16-6-8-22(36-29)25(9-16)34-14-15-3-4-15)35-26(32)17-5-7-21(31)24(10-17)37-38(2)33/h5-10,12-13,15,23H,3-4,11,14,29H2,1-2H3/p+1. The highest BCUT2D eigenvalue weighted by atomic mass is 35.5. The molecule has 0 spiro atoms. The van der Waals surface area contributed by atoms with Crippen molar-refractivity contribution in [3.8, 4) is 23.0 Å². The first-order valence-corrected chi connectivity index (χ1v) is 13.9. The third-order valence-corrected chi connectivity index (χ3v) is 6.96. The predicted molar refractivity (Wildman–Crippen MR) is 142 cm³/mol. The number of carbonyl (C=O) groups is 1. The van der Waals surface area contributed by atoms with Gasteiger partial charge in [-0.05, 0) is 48.6 Å². The number of phenols is 1. The van der Waals surface area contributed by atoms with Gasteiger partial charge in [0.25, 0.3) is 0 Å². The van der Waals surface area contributed by atoms with Crippen molar-refractivity contribution in [1.82, 2.24) is 0 Å². The molecule has 1 aliphatic carbocycles. The Hall–Kier alpha value is -3.05. The van der Waals surface area contributed by atoms with Crippen LogP contribution in [-0.4, -0.2) is 28.1 Å². The van der Waals surface area contributed by atoms with E-state index >= 15 is 0 Å². The third kappa shape index (κ3) is 7.08. The van der Waals surface area contributed by atoms with Gasteiger partial charge < -0.3 is 23.6 Å². The van der Waals surface area contributed by atoms with Crippen molar-refractivity contribution in [2.24, 2.45) is 18.9 Å². The van der Waals surface area contributed by atoms with E-state index in [0.29, 0.717) is 45.2 Å². The van der Waals surface area contributed by atoms with Crippen molar-refractivity contribution in [2.75, 3.05) is 12.9 Å². The van der Waals surface area contributed by atoms with Crippen LogP contribution in [0.15, 0.2) is 48.8 Å². The van der Waals surface area contributed by atoms with E-state index in [-0.39, 0.29) is 23.5 Å². The van der Waals surface area contributed by atoms with Crippen LogP contribution >= 0.6 is 23.2 Å². The number of benzene rings is 2. The van der Waals surface area contributed by atoms with Crippen molar-refractivity contribution in [3.63, 3.8) is 0 Å². The van der Waals surface area contributed by atoms with Crippen molar-refractivity contribution < 1.29 is 37.2 Å². The van der Waals surface area contributed by atoms with Gasteiger partial charge in [0.1, 0.15) is 23.2 Å². The quantitative estimate of drug-likeness (QED) is 0.194. The molecule has 2 unspecified atom stereocenters. The van der Waals surface area contributed by atoms with Crippen molar-refractivity contribution in [3.05, 3.63) is 75.5 Å². The molecule has 0 radical (unpaired) electrons. The minimum Gasteiger partial charge on any atom is -0.504 e. The molecule has 4 rings (SSSR count). The summed E-state index contributed by atoms with van der Waals surface area (Å²) in [6, 6.07) is 8.94. The van der Waals surface area contributed by atoms with E-state index in [2.05, 4.69) is 0 Å². The lowest BCUT2D eigenvalue weighted by atomic mass is 10.0. The summed E-state index contributed by atoms with van der Waals surface area (Å²) < 4.78 is 30.2. The minimum atomic E-state index is -1.71. The Morgan fingerprint density at radius 3 is 2.47 bits per heavy atom. The summed E-state index contributed by atoms with van der Waals surface area (Å²) >= 11 is 11.3. The van der Waals surface area contributed by atoms with Crippen LogP contribution in [0.4, 0.5) is 0 Å². The third-order valence-electron chi connectivity index (χ3n) is 5.89. The highest BCUT2D eigenvalue weighted by Gasteiger charge is 2.26. The first kappa shape index (κ1) is 28.0. The number of hydrogen-bond acceptors (Lipinski definition) is 8. The van der Waals surface area contributed by atoms with Crippen molar-refractivity contribution in [1.29, 1.82) is 0 Å². The first-order valence-electron chi connectivity index (χ1n) is 11.7. The largest absolute Gasteiger partial charge is 0.504 e. The molecule has 2 atom stereocenters. The molecule has 0 aliphatic heterocycles. The van der Waals surface area contributed by atoms with Gasteiger partial charge in [0.05, 0.1) is 12.2 Å². The zero-order valence-corrected chi connectivity index (χ0v) is 23.0. The molecule has 2 aromatic carbocycles. The number of ether oxygens (including phenoxy) is 2. The lowest BCUT2D eigenvalue weighted by molar-refractivity contribution is -0.671. The molecule has 38 heavy (non-hydrogen) atoms. The number of rotatable bonds is 11. The molecule has 0 saturated heterocycles. The number of phenolic OH excluding ortho intramolecular Hbond substituents is 1. The lowest BCUT2D eigenvalue weighted by Crippen LogP contribution is -2.27. The summed E-state index contributed by atoms with van der Waals surface area (Å²) in [5, 5.41) is 10.8. The van der Waals surface area contributed by atoms with Gasteiger partial charge in [0, 0.05) is 24.3 Å². The predicted octanol–water partition coefficient (Wildman–Crippen LogP) is 4.38. The summed E-state index contributed by atoms with van der Waals surface area (Å²) in [7, 11) is 1.79. The fraction of sp³-hybridized carbons (Fsp3) is 0.308. The smallest absolute Gasteiger partial charge is 0.338 e. The number of aromatic nitrogens is 1. The Morgan fingerprint density at radius 1 is 1.13 bits per heavy atom. The Morgan fingerprint density at radius 2 is 1.84 bits per heavy atom. The molecule has 3 aromatic rings. The summed E-state index contributed by atoms with van der Waals surface area (Å²) in [4.78, 5) is 18.2. The van der Waals surface area contributed by atoms with Gasteiger partial charge in [-0.2, -0.15) is 5.90 Å². The van der Waals surface area contributed by atoms with Crippen LogP contribution in [0, 0.1) is 5.92 Å². The summed E-state index contributed by atoms with van der Waals surface area (Å²) in [6.45, 7) is 0.520. The molecule has 3 N–H and O–H groups in total. The Balaban J connectivity index is 1.68. The Labute approximate surface area is 232 Å². The molecule has 0 bridgehead atoms. The number of aryl methyl sites for hydroxylation is 1. The fourth-order valence-electron chi connectivity index (χ4n) is 3.73. The van der Waals surface area contributed by atoms with Gasteiger partial charge in [0.15, 0.2) is 35.4 Å². The number of carbonyl (C=O) groups excluding carboxylic acids is 1. The van der Waals surface area contributed by atoms with Gasteiger partial charge >= 0.3 is 5.97 Å². The number of hydrogen-bond donors (Lipinski definition) is 2. The Kier molecular flexibility index (Phi) is 8.99. The van der Waals surface area contributed by atoms with Crippen LogP contribution in [0.2, 0.25) is 10.0 Å². The number of esters is 1. The molecule has 0 amide bonds. The highest BCUT2D eigenvalue weighted by Crippen LogP contribution is 2.37. The van der Waals surface area contributed by atoms with E-state index in [1.165, 1.54) is 24.5 Å². The first-order chi connectivity index (χ1) is 18.1. The molecule has 1 aromatic heterocycles. The van der Waals surface area contributed by atoms with Gasteiger partial charge in [-0.3, -0.25) is 0 Å².